The second-order valence-electron chi connectivity index (χ2n) is 14.7. The third kappa shape index (κ3) is 5.01. The largest absolute Gasteiger partial charge is 0.456 e. The molecule has 0 spiro atoms. The summed E-state index contributed by atoms with van der Waals surface area (Å²) in [4.78, 5) is 5.17. The van der Waals surface area contributed by atoms with Crippen molar-refractivity contribution in [1.82, 2.24) is 15.2 Å². The van der Waals surface area contributed by atoms with Crippen molar-refractivity contribution >= 4 is 81.1 Å². The molecule has 0 fully saturated rings. The van der Waals surface area contributed by atoms with E-state index in [1.54, 1.807) is 0 Å². The zero-order valence-corrected chi connectivity index (χ0v) is 31.5. The number of fused-ring (bicyclic) bond motifs is 9. The summed E-state index contributed by atoms with van der Waals surface area (Å²) >= 11 is 1.86. The fraction of sp³-hybridized carbons (Fsp3) is 0.0392. The molecule has 0 saturated heterocycles. The van der Waals surface area contributed by atoms with Crippen LogP contribution in [0.1, 0.15) is 29.0 Å². The van der Waals surface area contributed by atoms with Gasteiger partial charge in [-0.2, -0.15) is 0 Å². The number of hydrogen-bond acceptors (Lipinski definition) is 5. The minimum absolute atomic E-state index is 0.168. The molecule has 2 N–H and O–H groups in total. The summed E-state index contributed by atoms with van der Waals surface area (Å²) in [6, 6.07) is 64.7. The van der Waals surface area contributed by atoms with Crippen molar-refractivity contribution in [3.63, 3.8) is 0 Å². The predicted octanol–water partition coefficient (Wildman–Crippen LogP) is 13.1. The van der Waals surface area contributed by atoms with Gasteiger partial charge in [0.25, 0.3) is 0 Å². The third-order valence-corrected chi connectivity index (χ3v) is 12.8. The number of furan rings is 1. The van der Waals surface area contributed by atoms with Gasteiger partial charge in [-0.1, -0.05) is 152 Å². The SMILES string of the molecule is c1ccc(C2=NC(c3ccccc3)NC(c3cccc4c3sc3c(-c5cccc6oc7cccc(-n8c9ccccc9c9ccccc98)c7c56)cccc34)N2)cc1. The Balaban J connectivity index is 1.06. The van der Waals surface area contributed by atoms with E-state index in [9.17, 15) is 0 Å². The molecule has 1 aliphatic heterocycles. The lowest BCUT2D eigenvalue weighted by atomic mass is 9.97. The second kappa shape index (κ2) is 12.8. The lowest BCUT2D eigenvalue weighted by Crippen LogP contribution is -2.45. The number of nitrogens with zero attached hydrogens (tertiary/aromatic N) is 2. The maximum Gasteiger partial charge on any atom is 0.137 e. The van der Waals surface area contributed by atoms with Gasteiger partial charge in [-0.3, -0.25) is 5.32 Å². The van der Waals surface area contributed by atoms with E-state index in [0.29, 0.717) is 0 Å². The number of rotatable bonds is 5. The average Bonchev–Trinajstić information content (AvgIpc) is 3.97. The van der Waals surface area contributed by atoms with Gasteiger partial charge in [-0.25, -0.2) is 4.99 Å². The van der Waals surface area contributed by atoms with Crippen LogP contribution in [0.4, 0.5) is 0 Å². The van der Waals surface area contributed by atoms with Gasteiger partial charge in [0.2, 0.25) is 0 Å². The Hall–Kier alpha value is -6.99. The number of hydrogen-bond donors (Lipinski definition) is 2. The van der Waals surface area contributed by atoms with Crippen LogP contribution in [0, 0.1) is 0 Å². The number of amidine groups is 1. The van der Waals surface area contributed by atoms with Crippen LogP contribution in [0.15, 0.2) is 191 Å². The van der Waals surface area contributed by atoms with Gasteiger partial charge >= 0.3 is 0 Å². The third-order valence-electron chi connectivity index (χ3n) is 11.5. The summed E-state index contributed by atoms with van der Waals surface area (Å²) < 4.78 is 11.6. The molecule has 6 heteroatoms. The van der Waals surface area contributed by atoms with Crippen molar-refractivity contribution in [1.29, 1.82) is 0 Å². The Bertz CT molecular complexity index is 3320. The quantitative estimate of drug-likeness (QED) is 0.184. The molecular weight excluding hydrogens is 717 g/mol. The highest BCUT2D eigenvalue weighted by atomic mass is 32.1. The van der Waals surface area contributed by atoms with Crippen LogP contribution >= 0.6 is 11.3 Å². The molecule has 8 aromatic carbocycles. The highest BCUT2D eigenvalue weighted by Crippen LogP contribution is 2.47. The van der Waals surface area contributed by atoms with E-state index in [1.807, 2.05) is 17.4 Å². The first kappa shape index (κ1) is 32.3. The van der Waals surface area contributed by atoms with Gasteiger partial charge in [-0.05, 0) is 41.5 Å². The normalized spacial score (nSPS) is 15.9. The molecular formula is C51H34N4OS. The summed E-state index contributed by atoms with van der Waals surface area (Å²) in [5.41, 5.74) is 11.0. The zero-order valence-electron chi connectivity index (χ0n) is 30.7. The monoisotopic (exact) mass is 750 g/mol. The molecule has 5 nitrogen and oxygen atoms in total. The van der Waals surface area contributed by atoms with Gasteiger partial charge < -0.3 is 14.3 Å². The smallest absolute Gasteiger partial charge is 0.137 e. The summed E-state index contributed by atoms with van der Waals surface area (Å²) in [6.07, 6.45) is -0.373. The fourth-order valence-corrected chi connectivity index (χ4v) is 10.4. The topological polar surface area (TPSA) is 54.5 Å². The van der Waals surface area contributed by atoms with E-state index in [1.165, 1.54) is 53.1 Å². The molecule has 0 bridgehead atoms. The number of nitrogens with one attached hydrogen (secondary N) is 2. The molecule has 2 unspecified atom stereocenters. The number of thiophene rings is 1. The molecule has 4 heterocycles. The van der Waals surface area contributed by atoms with Gasteiger partial charge in [0.05, 0.1) is 22.1 Å². The van der Waals surface area contributed by atoms with Crippen molar-refractivity contribution in [3.8, 4) is 16.8 Å². The van der Waals surface area contributed by atoms with Crippen LogP contribution in [0.2, 0.25) is 0 Å². The summed E-state index contributed by atoms with van der Waals surface area (Å²) in [5, 5.41) is 14.8. The Labute approximate surface area is 332 Å². The first-order valence-electron chi connectivity index (χ1n) is 19.4. The molecule has 270 valence electrons. The van der Waals surface area contributed by atoms with E-state index < -0.39 is 0 Å². The molecule has 0 amide bonds. The molecule has 0 saturated carbocycles. The van der Waals surface area contributed by atoms with E-state index in [2.05, 4.69) is 191 Å². The highest BCUT2D eigenvalue weighted by molar-refractivity contribution is 7.26. The van der Waals surface area contributed by atoms with E-state index >= 15 is 0 Å². The van der Waals surface area contributed by atoms with E-state index in [4.69, 9.17) is 9.41 Å². The first-order valence-corrected chi connectivity index (χ1v) is 20.2. The van der Waals surface area contributed by atoms with E-state index in [-0.39, 0.29) is 12.3 Å². The van der Waals surface area contributed by atoms with Crippen LogP contribution < -0.4 is 10.6 Å². The summed E-state index contributed by atoms with van der Waals surface area (Å²) in [5.74, 6) is 0.879. The molecule has 0 aliphatic carbocycles. The number of para-hydroxylation sites is 2. The van der Waals surface area contributed by atoms with Gasteiger partial charge in [0.1, 0.15) is 29.3 Å². The van der Waals surface area contributed by atoms with Crippen LogP contribution in [-0.4, -0.2) is 10.4 Å². The van der Waals surface area contributed by atoms with Crippen molar-refractivity contribution < 1.29 is 4.42 Å². The predicted molar refractivity (Wildman–Crippen MR) is 238 cm³/mol. The Kier molecular flexibility index (Phi) is 7.24. The Morgan fingerprint density at radius 1 is 0.509 bits per heavy atom. The number of aliphatic imine (C=N–C) groups is 1. The summed E-state index contributed by atoms with van der Waals surface area (Å²) in [7, 11) is 0. The molecule has 11 aromatic rings. The van der Waals surface area contributed by atoms with Crippen molar-refractivity contribution in [2.45, 2.75) is 12.3 Å². The zero-order chi connectivity index (χ0) is 37.5. The van der Waals surface area contributed by atoms with Crippen LogP contribution in [0.3, 0.4) is 0 Å². The summed E-state index contributed by atoms with van der Waals surface area (Å²) in [6.45, 7) is 0. The molecule has 3 aromatic heterocycles. The number of aromatic nitrogens is 1. The van der Waals surface area contributed by atoms with E-state index in [0.717, 1.165) is 50.2 Å². The second-order valence-corrected chi connectivity index (χ2v) is 15.7. The lowest BCUT2D eigenvalue weighted by molar-refractivity contribution is 0.411. The molecule has 0 radical (unpaired) electrons. The Morgan fingerprint density at radius 3 is 1.88 bits per heavy atom. The Morgan fingerprint density at radius 2 is 1.11 bits per heavy atom. The number of benzene rings is 8. The van der Waals surface area contributed by atoms with Gasteiger partial charge in [-0.15, -0.1) is 11.3 Å². The minimum Gasteiger partial charge on any atom is -0.456 e. The standard InChI is InChI=1S/C51H34N4OS/c1-3-15-31(16-4-1)49-52-50(32-17-5-2-6-18-32)54-51(53-49)39-25-12-24-38-37-23-11-22-36(47(37)57-48(38)39)35-21-13-29-43-45(35)46-42(28-14-30-44(46)56-43)55-40-26-9-7-19-33(40)34-20-8-10-27-41(34)55/h1-30,49,51,53H,(H,52,54). The lowest BCUT2D eigenvalue weighted by Gasteiger charge is -2.32. The van der Waals surface area contributed by atoms with Crippen LogP contribution in [-0.2, 0) is 0 Å². The van der Waals surface area contributed by atoms with Crippen LogP contribution in [0.5, 0.6) is 0 Å². The van der Waals surface area contributed by atoms with Crippen LogP contribution in [0.25, 0.3) is 80.7 Å². The maximum atomic E-state index is 6.70. The molecule has 57 heavy (non-hydrogen) atoms. The molecule has 1 aliphatic rings. The van der Waals surface area contributed by atoms with Crippen molar-refractivity contribution in [2.75, 3.05) is 0 Å². The fourth-order valence-electron chi connectivity index (χ4n) is 8.99. The first-order chi connectivity index (χ1) is 28.3. The maximum absolute atomic E-state index is 6.70. The minimum atomic E-state index is -0.205. The van der Waals surface area contributed by atoms with Crippen molar-refractivity contribution in [2.24, 2.45) is 4.99 Å². The van der Waals surface area contributed by atoms with Crippen molar-refractivity contribution in [3.05, 3.63) is 199 Å². The highest BCUT2D eigenvalue weighted by Gasteiger charge is 2.28. The van der Waals surface area contributed by atoms with Gasteiger partial charge in [0, 0.05) is 53.0 Å². The molecule has 2 atom stereocenters. The van der Waals surface area contributed by atoms with Gasteiger partial charge in [0.15, 0.2) is 0 Å². The molecule has 12 rings (SSSR count). The average molecular weight is 751 g/mol.